The molecule has 0 saturated carbocycles. The first-order chi connectivity index (χ1) is 7.09. The SMILES string of the molecule is O=C(O)Cn1nc2c(F)cccc2c1Cl. The summed E-state index contributed by atoms with van der Waals surface area (Å²) in [6, 6.07) is 4.33. The number of aromatic nitrogens is 2. The van der Waals surface area contributed by atoms with E-state index in [-0.39, 0.29) is 17.2 Å². The normalized spacial score (nSPS) is 10.8. The highest BCUT2D eigenvalue weighted by Gasteiger charge is 2.13. The largest absolute Gasteiger partial charge is 0.480 e. The zero-order valence-corrected chi connectivity index (χ0v) is 8.20. The second kappa shape index (κ2) is 3.51. The zero-order valence-electron chi connectivity index (χ0n) is 7.44. The Hall–Kier alpha value is -1.62. The van der Waals surface area contributed by atoms with Crippen LogP contribution in [0.5, 0.6) is 0 Å². The van der Waals surface area contributed by atoms with E-state index in [2.05, 4.69) is 5.10 Å². The number of hydrogen-bond donors (Lipinski definition) is 1. The monoisotopic (exact) mass is 228 g/mol. The second-order valence-electron chi connectivity index (χ2n) is 2.98. The van der Waals surface area contributed by atoms with Gasteiger partial charge in [0.2, 0.25) is 0 Å². The van der Waals surface area contributed by atoms with E-state index >= 15 is 0 Å². The summed E-state index contributed by atoms with van der Waals surface area (Å²) in [6.07, 6.45) is 0. The first kappa shape index (κ1) is 9.92. The predicted octanol–water partition coefficient (Wildman–Crippen LogP) is 1.91. The number of carboxylic acids is 1. The molecule has 15 heavy (non-hydrogen) atoms. The number of nitrogens with zero attached hydrogens (tertiary/aromatic N) is 2. The van der Waals surface area contributed by atoms with Crippen LogP contribution >= 0.6 is 11.6 Å². The van der Waals surface area contributed by atoms with Gasteiger partial charge in [0.25, 0.3) is 0 Å². The molecule has 4 nitrogen and oxygen atoms in total. The predicted molar refractivity (Wildman–Crippen MR) is 52.3 cm³/mol. The van der Waals surface area contributed by atoms with Crippen molar-refractivity contribution in [2.45, 2.75) is 6.54 Å². The lowest BCUT2D eigenvalue weighted by molar-refractivity contribution is -0.137. The van der Waals surface area contributed by atoms with Crippen LogP contribution in [0.2, 0.25) is 5.15 Å². The standard InChI is InChI=1S/C9H6ClFN2O2/c10-9-5-2-1-3-6(11)8(5)12-13(9)4-7(14)15/h1-3H,4H2,(H,14,15). The van der Waals surface area contributed by atoms with Crippen LogP contribution in [-0.4, -0.2) is 20.9 Å². The van der Waals surface area contributed by atoms with Crippen LogP contribution < -0.4 is 0 Å². The van der Waals surface area contributed by atoms with E-state index in [0.717, 1.165) is 4.68 Å². The van der Waals surface area contributed by atoms with E-state index in [1.54, 1.807) is 6.07 Å². The van der Waals surface area contributed by atoms with Gasteiger partial charge in [-0.1, -0.05) is 17.7 Å². The van der Waals surface area contributed by atoms with Crippen LogP contribution in [0.3, 0.4) is 0 Å². The molecule has 6 heteroatoms. The van der Waals surface area contributed by atoms with Crippen LogP contribution in [-0.2, 0) is 11.3 Å². The van der Waals surface area contributed by atoms with Crippen molar-refractivity contribution in [3.05, 3.63) is 29.2 Å². The minimum Gasteiger partial charge on any atom is -0.480 e. The molecule has 0 saturated heterocycles. The summed E-state index contributed by atoms with van der Waals surface area (Å²) in [5.74, 6) is -1.59. The number of benzene rings is 1. The summed E-state index contributed by atoms with van der Waals surface area (Å²) in [6.45, 7) is -0.382. The Morgan fingerprint density at radius 2 is 2.33 bits per heavy atom. The van der Waals surface area contributed by atoms with Crippen molar-refractivity contribution >= 4 is 28.5 Å². The van der Waals surface area contributed by atoms with Gasteiger partial charge in [0.1, 0.15) is 17.2 Å². The molecule has 0 aliphatic rings. The Labute approximate surface area is 88.9 Å². The van der Waals surface area contributed by atoms with E-state index in [1.165, 1.54) is 12.1 Å². The average molecular weight is 229 g/mol. The van der Waals surface area contributed by atoms with Gasteiger partial charge in [-0.2, -0.15) is 5.10 Å². The van der Waals surface area contributed by atoms with Crippen molar-refractivity contribution in [2.75, 3.05) is 0 Å². The fourth-order valence-corrected chi connectivity index (χ4v) is 1.57. The molecule has 1 aromatic heterocycles. The van der Waals surface area contributed by atoms with Crippen molar-refractivity contribution in [2.24, 2.45) is 0 Å². The van der Waals surface area contributed by atoms with Gasteiger partial charge in [-0.05, 0) is 12.1 Å². The molecular weight excluding hydrogens is 223 g/mol. The van der Waals surface area contributed by atoms with E-state index in [1.807, 2.05) is 0 Å². The lowest BCUT2D eigenvalue weighted by Crippen LogP contribution is -2.09. The molecular formula is C9H6ClFN2O2. The average Bonchev–Trinajstić information content (AvgIpc) is 2.46. The van der Waals surface area contributed by atoms with Gasteiger partial charge in [0, 0.05) is 5.39 Å². The van der Waals surface area contributed by atoms with Crippen molar-refractivity contribution in [1.29, 1.82) is 0 Å². The molecule has 1 aromatic carbocycles. The van der Waals surface area contributed by atoms with Crippen LogP contribution in [0.4, 0.5) is 4.39 Å². The third-order valence-corrected chi connectivity index (χ3v) is 2.34. The molecule has 0 fully saturated rings. The maximum atomic E-state index is 13.2. The van der Waals surface area contributed by atoms with E-state index in [0.29, 0.717) is 5.39 Å². The molecule has 2 rings (SSSR count). The van der Waals surface area contributed by atoms with Crippen LogP contribution in [0.15, 0.2) is 18.2 Å². The van der Waals surface area contributed by atoms with E-state index in [9.17, 15) is 9.18 Å². The Morgan fingerprint density at radius 1 is 1.60 bits per heavy atom. The Bertz CT molecular complexity index is 538. The fraction of sp³-hybridized carbons (Fsp3) is 0.111. The number of carbonyl (C=O) groups is 1. The molecule has 0 radical (unpaired) electrons. The lowest BCUT2D eigenvalue weighted by atomic mass is 10.2. The summed E-state index contributed by atoms with van der Waals surface area (Å²) < 4.78 is 14.3. The lowest BCUT2D eigenvalue weighted by Gasteiger charge is -1.96. The maximum Gasteiger partial charge on any atom is 0.325 e. The number of rotatable bonds is 2. The summed E-state index contributed by atoms with van der Waals surface area (Å²) in [5, 5.41) is 12.9. The van der Waals surface area contributed by atoms with Crippen LogP contribution in [0, 0.1) is 5.82 Å². The topological polar surface area (TPSA) is 55.1 Å². The number of aliphatic carboxylic acids is 1. The van der Waals surface area contributed by atoms with Crippen molar-refractivity contribution in [3.63, 3.8) is 0 Å². The van der Waals surface area contributed by atoms with Gasteiger partial charge in [-0.3, -0.25) is 4.79 Å². The molecule has 1 heterocycles. The number of carboxylic acid groups (broad SMARTS) is 1. The van der Waals surface area contributed by atoms with Crippen molar-refractivity contribution < 1.29 is 14.3 Å². The van der Waals surface area contributed by atoms with Gasteiger partial charge in [0.05, 0.1) is 0 Å². The highest BCUT2D eigenvalue weighted by Crippen LogP contribution is 2.24. The molecule has 2 aromatic rings. The van der Waals surface area contributed by atoms with Crippen LogP contribution in [0.25, 0.3) is 10.9 Å². The quantitative estimate of drug-likeness (QED) is 0.854. The number of hydrogen-bond acceptors (Lipinski definition) is 2. The Morgan fingerprint density at radius 3 is 2.93 bits per heavy atom. The third-order valence-electron chi connectivity index (χ3n) is 1.94. The van der Waals surface area contributed by atoms with Gasteiger partial charge >= 0.3 is 5.97 Å². The smallest absolute Gasteiger partial charge is 0.325 e. The molecule has 78 valence electrons. The summed E-state index contributed by atoms with van der Waals surface area (Å²) in [5.41, 5.74) is 0.0868. The molecule has 0 aliphatic heterocycles. The molecule has 0 aliphatic carbocycles. The van der Waals surface area contributed by atoms with Gasteiger partial charge < -0.3 is 5.11 Å². The second-order valence-corrected chi connectivity index (χ2v) is 3.34. The maximum absolute atomic E-state index is 13.2. The highest BCUT2D eigenvalue weighted by atomic mass is 35.5. The van der Waals surface area contributed by atoms with Crippen molar-refractivity contribution in [3.8, 4) is 0 Å². The van der Waals surface area contributed by atoms with Crippen molar-refractivity contribution in [1.82, 2.24) is 9.78 Å². The van der Waals surface area contributed by atoms with Crippen LogP contribution in [0.1, 0.15) is 0 Å². The minimum absolute atomic E-state index is 0.0868. The number of halogens is 2. The Kier molecular flexibility index (Phi) is 2.32. The summed E-state index contributed by atoms with van der Waals surface area (Å²) in [7, 11) is 0. The molecule has 0 spiro atoms. The van der Waals surface area contributed by atoms with Gasteiger partial charge in [-0.25, -0.2) is 9.07 Å². The summed E-state index contributed by atoms with van der Waals surface area (Å²) in [4.78, 5) is 10.5. The van der Waals surface area contributed by atoms with Gasteiger partial charge in [-0.15, -0.1) is 0 Å². The summed E-state index contributed by atoms with van der Waals surface area (Å²) >= 11 is 5.84. The molecule has 0 amide bonds. The van der Waals surface area contributed by atoms with E-state index in [4.69, 9.17) is 16.7 Å². The molecule has 1 N–H and O–H groups in total. The molecule has 0 atom stereocenters. The van der Waals surface area contributed by atoms with E-state index < -0.39 is 11.8 Å². The first-order valence-electron chi connectivity index (χ1n) is 4.12. The fourth-order valence-electron chi connectivity index (χ4n) is 1.32. The highest BCUT2D eigenvalue weighted by molar-refractivity contribution is 6.34. The third kappa shape index (κ3) is 1.66. The van der Waals surface area contributed by atoms with Gasteiger partial charge in [0.15, 0.2) is 5.82 Å². The molecule has 0 bridgehead atoms. The molecule has 0 unspecified atom stereocenters. The minimum atomic E-state index is -1.08. The number of fused-ring (bicyclic) bond motifs is 1. The first-order valence-corrected chi connectivity index (χ1v) is 4.49. The Balaban J connectivity index is 2.64. The zero-order chi connectivity index (χ0) is 11.0.